The lowest BCUT2D eigenvalue weighted by atomic mass is 9.88. The summed E-state index contributed by atoms with van der Waals surface area (Å²) in [5.74, 6) is 0.396. The molecule has 0 spiro atoms. The number of hydrogen-bond acceptors (Lipinski definition) is 3. The molecule has 0 aliphatic carbocycles. The van der Waals surface area contributed by atoms with E-state index in [0.717, 1.165) is 38.0 Å². The largest absolute Gasteiger partial charge is 0.497 e. The predicted molar refractivity (Wildman–Crippen MR) is 79.5 cm³/mol. The summed E-state index contributed by atoms with van der Waals surface area (Å²) in [6.45, 7) is 8.02. The van der Waals surface area contributed by atoms with E-state index in [-0.39, 0.29) is 11.4 Å². The number of piperazine rings is 1. The average Bonchev–Trinajstić information content (AvgIpc) is 2.50. The molecule has 0 amide bonds. The fraction of sp³-hybridized carbons (Fsp3) is 0.625. The van der Waals surface area contributed by atoms with Crippen molar-refractivity contribution in [3.05, 3.63) is 29.6 Å². The van der Waals surface area contributed by atoms with Crippen LogP contribution >= 0.6 is 0 Å². The molecule has 1 fully saturated rings. The lowest BCUT2D eigenvalue weighted by molar-refractivity contribution is 0.0438. The molecule has 112 valence electrons. The molecule has 0 saturated carbocycles. The Balaban J connectivity index is 2.18. The lowest BCUT2D eigenvalue weighted by Crippen LogP contribution is -2.60. The van der Waals surface area contributed by atoms with Gasteiger partial charge in [-0.25, -0.2) is 4.39 Å². The molecule has 1 heterocycles. The van der Waals surface area contributed by atoms with Gasteiger partial charge in [-0.15, -0.1) is 0 Å². The van der Waals surface area contributed by atoms with Gasteiger partial charge in [-0.3, -0.25) is 4.90 Å². The van der Waals surface area contributed by atoms with Crippen LogP contribution < -0.4 is 10.1 Å². The van der Waals surface area contributed by atoms with Gasteiger partial charge in [0.25, 0.3) is 0 Å². The van der Waals surface area contributed by atoms with Gasteiger partial charge < -0.3 is 10.1 Å². The smallest absolute Gasteiger partial charge is 0.131 e. The third kappa shape index (κ3) is 2.96. The van der Waals surface area contributed by atoms with E-state index in [9.17, 15) is 4.39 Å². The summed E-state index contributed by atoms with van der Waals surface area (Å²) >= 11 is 0. The van der Waals surface area contributed by atoms with Crippen LogP contribution in [0.25, 0.3) is 0 Å². The van der Waals surface area contributed by atoms with E-state index in [0.29, 0.717) is 12.3 Å². The van der Waals surface area contributed by atoms with Gasteiger partial charge in [-0.1, -0.05) is 19.9 Å². The molecular weight excluding hydrogens is 255 g/mol. The van der Waals surface area contributed by atoms with E-state index < -0.39 is 0 Å². The Kier molecular flexibility index (Phi) is 5.00. The Bertz CT molecular complexity index is 446. The standard InChI is InChI=1S/C16H25FN2O/c1-4-16(5-2)12-18-8-9-19(16)11-13-6-7-14(20-3)10-15(13)17/h6-7,10,18H,4-5,8-9,11-12H2,1-3H3. The molecule has 0 bridgehead atoms. The molecule has 2 rings (SSSR count). The third-order valence-electron chi connectivity index (χ3n) is 4.62. The van der Waals surface area contributed by atoms with Crippen molar-refractivity contribution in [3.63, 3.8) is 0 Å². The fourth-order valence-electron chi connectivity index (χ4n) is 3.07. The number of rotatable bonds is 5. The summed E-state index contributed by atoms with van der Waals surface area (Å²) in [4.78, 5) is 2.42. The molecule has 0 aromatic heterocycles. The molecule has 20 heavy (non-hydrogen) atoms. The first-order valence-electron chi connectivity index (χ1n) is 7.43. The van der Waals surface area contributed by atoms with E-state index in [2.05, 4.69) is 24.1 Å². The highest BCUT2D eigenvalue weighted by molar-refractivity contribution is 5.29. The minimum absolute atomic E-state index is 0.143. The monoisotopic (exact) mass is 280 g/mol. The van der Waals surface area contributed by atoms with Crippen molar-refractivity contribution in [1.29, 1.82) is 0 Å². The van der Waals surface area contributed by atoms with Gasteiger partial charge in [0.05, 0.1) is 7.11 Å². The van der Waals surface area contributed by atoms with Crippen LogP contribution in [0.1, 0.15) is 32.3 Å². The van der Waals surface area contributed by atoms with Gasteiger partial charge in [-0.05, 0) is 18.9 Å². The van der Waals surface area contributed by atoms with Crippen LogP contribution in [0.5, 0.6) is 5.75 Å². The van der Waals surface area contributed by atoms with Crippen LogP contribution in [0, 0.1) is 5.82 Å². The Morgan fingerprint density at radius 1 is 1.35 bits per heavy atom. The quantitative estimate of drug-likeness (QED) is 0.897. The molecule has 0 radical (unpaired) electrons. The predicted octanol–water partition coefficient (Wildman–Crippen LogP) is 2.80. The summed E-state index contributed by atoms with van der Waals surface area (Å²) < 4.78 is 19.2. The highest BCUT2D eigenvalue weighted by atomic mass is 19.1. The first-order valence-corrected chi connectivity index (χ1v) is 7.43. The topological polar surface area (TPSA) is 24.5 Å². The van der Waals surface area contributed by atoms with Crippen molar-refractivity contribution in [1.82, 2.24) is 10.2 Å². The van der Waals surface area contributed by atoms with E-state index >= 15 is 0 Å². The Morgan fingerprint density at radius 3 is 2.70 bits per heavy atom. The number of methoxy groups -OCH3 is 1. The van der Waals surface area contributed by atoms with E-state index in [1.165, 1.54) is 6.07 Å². The van der Waals surface area contributed by atoms with Gasteiger partial charge in [0.15, 0.2) is 0 Å². The van der Waals surface area contributed by atoms with Crippen molar-refractivity contribution in [2.24, 2.45) is 0 Å². The van der Waals surface area contributed by atoms with Crippen LogP contribution in [0.3, 0.4) is 0 Å². The summed E-state index contributed by atoms with van der Waals surface area (Å²) in [5, 5.41) is 3.47. The number of ether oxygens (including phenoxy) is 1. The van der Waals surface area contributed by atoms with E-state index in [1.807, 2.05) is 12.1 Å². The molecule has 1 N–H and O–H groups in total. The molecule has 0 unspecified atom stereocenters. The number of nitrogens with one attached hydrogen (secondary N) is 1. The molecular formula is C16H25FN2O. The second-order valence-electron chi connectivity index (χ2n) is 5.49. The minimum atomic E-state index is -0.177. The molecule has 0 atom stereocenters. The van der Waals surface area contributed by atoms with Gasteiger partial charge in [0.2, 0.25) is 0 Å². The normalized spacial score (nSPS) is 19.0. The maximum atomic E-state index is 14.1. The molecule has 1 aliphatic heterocycles. The van der Waals surface area contributed by atoms with Crippen LogP contribution in [-0.2, 0) is 6.54 Å². The van der Waals surface area contributed by atoms with Crippen LogP contribution in [-0.4, -0.2) is 37.2 Å². The number of benzene rings is 1. The van der Waals surface area contributed by atoms with Crippen LogP contribution in [0.15, 0.2) is 18.2 Å². The fourth-order valence-corrected chi connectivity index (χ4v) is 3.07. The maximum Gasteiger partial charge on any atom is 0.131 e. The van der Waals surface area contributed by atoms with Crippen molar-refractivity contribution in [2.45, 2.75) is 38.8 Å². The zero-order valence-corrected chi connectivity index (χ0v) is 12.7. The zero-order chi connectivity index (χ0) is 14.6. The van der Waals surface area contributed by atoms with Crippen molar-refractivity contribution in [2.75, 3.05) is 26.7 Å². The van der Waals surface area contributed by atoms with Gasteiger partial charge >= 0.3 is 0 Å². The highest BCUT2D eigenvalue weighted by Crippen LogP contribution is 2.28. The molecule has 1 saturated heterocycles. The maximum absolute atomic E-state index is 14.1. The Labute approximate surface area is 121 Å². The van der Waals surface area contributed by atoms with Gasteiger partial charge in [0, 0.05) is 43.3 Å². The van der Waals surface area contributed by atoms with E-state index in [4.69, 9.17) is 4.74 Å². The molecule has 1 aliphatic rings. The SMILES string of the molecule is CCC1(CC)CNCCN1Cc1ccc(OC)cc1F. The van der Waals surface area contributed by atoms with Gasteiger partial charge in [-0.2, -0.15) is 0 Å². The first-order chi connectivity index (χ1) is 9.65. The summed E-state index contributed by atoms with van der Waals surface area (Å²) in [6, 6.07) is 5.14. The van der Waals surface area contributed by atoms with Crippen molar-refractivity contribution < 1.29 is 9.13 Å². The van der Waals surface area contributed by atoms with Crippen molar-refractivity contribution >= 4 is 0 Å². The molecule has 1 aromatic rings. The van der Waals surface area contributed by atoms with E-state index in [1.54, 1.807) is 7.11 Å². The number of hydrogen-bond donors (Lipinski definition) is 1. The summed E-state index contributed by atoms with van der Waals surface area (Å²) in [5.41, 5.74) is 0.893. The Hall–Kier alpha value is -1.13. The van der Waals surface area contributed by atoms with Crippen LogP contribution in [0.4, 0.5) is 4.39 Å². The molecule has 1 aromatic carbocycles. The second kappa shape index (κ2) is 6.55. The Morgan fingerprint density at radius 2 is 2.10 bits per heavy atom. The van der Waals surface area contributed by atoms with Gasteiger partial charge in [0.1, 0.15) is 11.6 Å². The zero-order valence-electron chi connectivity index (χ0n) is 12.7. The summed E-state index contributed by atoms with van der Waals surface area (Å²) in [7, 11) is 1.56. The molecule has 3 nitrogen and oxygen atoms in total. The minimum Gasteiger partial charge on any atom is -0.497 e. The highest BCUT2D eigenvalue weighted by Gasteiger charge is 2.35. The van der Waals surface area contributed by atoms with Crippen LogP contribution in [0.2, 0.25) is 0 Å². The number of halogens is 1. The summed E-state index contributed by atoms with van der Waals surface area (Å²) in [6.07, 6.45) is 2.16. The second-order valence-corrected chi connectivity index (χ2v) is 5.49. The first kappa shape index (κ1) is 15.3. The third-order valence-corrected chi connectivity index (χ3v) is 4.62. The molecule has 4 heteroatoms. The number of nitrogens with zero attached hydrogens (tertiary/aromatic N) is 1. The lowest BCUT2D eigenvalue weighted by Gasteiger charge is -2.47. The average molecular weight is 280 g/mol. The van der Waals surface area contributed by atoms with Crippen molar-refractivity contribution in [3.8, 4) is 5.75 Å².